The lowest BCUT2D eigenvalue weighted by atomic mass is 10.2. The maximum atomic E-state index is 11.7. The minimum Gasteiger partial charge on any atom is -0.375 e. The van der Waals surface area contributed by atoms with Crippen molar-refractivity contribution in [2.45, 2.75) is 26.4 Å². The molecule has 2 amide bonds. The van der Waals surface area contributed by atoms with Crippen LogP contribution in [0.25, 0.3) is 0 Å². The van der Waals surface area contributed by atoms with E-state index < -0.39 is 0 Å². The molecule has 0 aromatic heterocycles. The van der Waals surface area contributed by atoms with E-state index in [4.69, 9.17) is 9.47 Å². The van der Waals surface area contributed by atoms with Gasteiger partial charge in [0, 0.05) is 18.5 Å². The number of methoxy groups -OCH3 is 1. The van der Waals surface area contributed by atoms with Gasteiger partial charge in [0.15, 0.2) is 0 Å². The van der Waals surface area contributed by atoms with Gasteiger partial charge < -0.3 is 20.1 Å². The Morgan fingerprint density at radius 1 is 0.952 bits per heavy atom. The van der Waals surface area contributed by atoms with Gasteiger partial charge in [-0.1, -0.05) is 0 Å². The number of carbonyl (C=O) groups is 2. The first-order valence-corrected chi connectivity index (χ1v) is 6.63. The third kappa shape index (κ3) is 7.43. The fraction of sp³-hybridized carbons (Fsp3) is 0.467. The molecule has 0 heterocycles. The normalized spacial score (nSPS) is 11.0. The molecule has 0 spiro atoms. The van der Waals surface area contributed by atoms with E-state index in [9.17, 15) is 9.59 Å². The lowest BCUT2D eigenvalue weighted by Crippen LogP contribution is -2.27. The van der Waals surface area contributed by atoms with Crippen molar-refractivity contribution in [2.75, 3.05) is 31.0 Å². The summed E-state index contributed by atoms with van der Waals surface area (Å²) >= 11 is 0. The summed E-state index contributed by atoms with van der Waals surface area (Å²) in [5, 5.41) is 5.39. The average molecular weight is 294 g/mol. The summed E-state index contributed by atoms with van der Waals surface area (Å²) in [4.78, 5) is 23.0. The first-order valence-electron chi connectivity index (χ1n) is 6.63. The molecular formula is C15H22N2O4. The van der Waals surface area contributed by atoms with E-state index in [1.165, 1.54) is 7.11 Å². The summed E-state index contributed by atoms with van der Waals surface area (Å²) in [5.74, 6) is -0.450. The van der Waals surface area contributed by atoms with Gasteiger partial charge in [-0.2, -0.15) is 0 Å². The zero-order valence-electron chi connectivity index (χ0n) is 12.9. The fourth-order valence-corrected chi connectivity index (χ4v) is 1.44. The van der Waals surface area contributed by atoms with Crippen molar-refractivity contribution in [2.24, 2.45) is 0 Å². The van der Waals surface area contributed by atoms with Gasteiger partial charge in [-0.05, 0) is 45.0 Å². The summed E-state index contributed by atoms with van der Waals surface area (Å²) in [6.07, 6.45) is 0. The van der Waals surface area contributed by atoms with Crippen molar-refractivity contribution in [1.82, 2.24) is 0 Å². The molecule has 0 fully saturated rings. The monoisotopic (exact) mass is 294 g/mol. The lowest BCUT2D eigenvalue weighted by Gasteiger charge is -2.19. The van der Waals surface area contributed by atoms with Crippen molar-refractivity contribution in [3.63, 3.8) is 0 Å². The smallest absolute Gasteiger partial charge is 0.250 e. The number of nitrogens with one attached hydrogen (secondary N) is 2. The summed E-state index contributed by atoms with van der Waals surface area (Å²) in [6, 6.07) is 6.82. The second-order valence-corrected chi connectivity index (χ2v) is 5.51. The van der Waals surface area contributed by atoms with E-state index >= 15 is 0 Å². The minimum absolute atomic E-state index is 0.00261. The molecule has 0 radical (unpaired) electrons. The van der Waals surface area contributed by atoms with Gasteiger partial charge in [-0.15, -0.1) is 0 Å². The first-order chi connectivity index (χ1) is 9.80. The summed E-state index contributed by atoms with van der Waals surface area (Å²) < 4.78 is 10.1. The van der Waals surface area contributed by atoms with Gasteiger partial charge in [0.05, 0.1) is 5.60 Å². The Morgan fingerprint density at radius 2 is 1.38 bits per heavy atom. The van der Waals surface area contributed by atoms with E-state index in [1.807, 2.05) is 20.8 Å². The van der Waals surface area contributed by atoms with Crippen molar-refractivity contribution < 1.29 is 19.1 Å². The van der Waals surface area contributed by atoms with Crippen LogP contribution in [-0.4, -0.2) is 37.7 Å². The molecule has 1 rings (SSSR count). The van der Waals surface area contributed by atoms with Crippen LogP contribution in [0.15, 0.2) is 24.3 Å². The SMILES string of the molecule is COCC(=O)Nc1ccc(NC(=O)COC(C)(C)C)cc1. The van der Waals surface area contributed by atoms with Crippen molar-refractivity contribution in [1.29, 1.82) is 0 Å². The molecule has 6 nitrogen and oxygen atoms in total. The first kappa shape index (κ1) is 17.1. The molecule has 0 saturated carbocycles. The van der Waals surface area contributed by atoms with E-state index in [1.54, 1.807) is 24.3 Å². The van der Waals surface area contributed by atoms with Crippen molar-refractivity contribution >= 4 is 23.2 Å². The Bertz CT molecular complexity index is 477. The summed E-state index contributed by atoms with van der Waals surface area (Å²) in [7, 11) is 1.46. The molecule has 21 heavy (non-hydrogen) atoms. The second kappa shape index (κ2) is 7.75. The highest BCUT2D eigenvalue weighted by molar-refractivity contribution is 5.93. The van der Waals surface area contributed by atoms with Crippen LogP contribution in [0.4, 0.5) is 11.4 Å². The highest BCUT2D eigenvalue weighted by atomic mass is 16.5. The molecule has 2 N–H and O–H groups in total. The standard InChI is InChI=1S/C15H22N2O4/c1-15(2,3)21-10-14(19)17-12-7-5-11(6-8-12)16-13(18)9-20-4/h5-8H,9-10H2,1-4H3,(H,16,18)(H,17,19). The summed E-state index contributed by atoms with van der Waals surface area (Å²) in [6.45, 7) is 5.66. The predicted molar refractivity (Wildman–Crippen MR) is 81.3 cm³/mol. The highest BCUT2D eigenvalue weighted by Crippen LogP contribution is 2.14. The lowest BCUT2D eigenvalue weighted by molar-refractivity contribution is -0.125. The van der Waals surface area contributed by atoms with Gasteiger partial charge in [0.25, 0.3) is 0 Å². The van der Waals surface area contributed by atoms with E-state index in [2.05, 4.69) is 10.6 Å². The number of anilines is 2. The molecule has 0 aliphatic carbocycles. The number of amides is 2. The Kier molecular flexibility index (Phi) is 6.33. The van der Waals surface area contributed by atoms with E-state index in [-0.39, 0.29) is 30.6 Å². The molecule has 0 bridgehead atoms. The molecule has 1 aromatic rings. The largest absolute Gasteiger partial charge is 0.375 e. The number of carbonyl (C=O) groups excluding carboxylic acids is 2. The number of rotatable bonds is 6. The third-order valence-electron chi connectivity index (χ3n) is 2.36. The van der Waals surface area contributed by atoms with Crippen LogP contribution in [0.3, 0.4) is 0 Å². The van der Waals surface area contributed by atoms with Crippen LogP contribution in [-0.2, 0) is 19.1 Å². The fourth-order valence-electron chi connectivity index (χ4n) is 1.44. The van der Waals surface area contributed by atoms with E-state index in [0.717, 1.165) is 0 Å². The quantitative estimate of drug-likeness (QED) is 0.841. The van der Waals surface area contributed by atoms with Gasteiger partial charge in [-0.3, -0.25) is 9.59 Å². The zero-order chi connectivity index (χ0) is 15.9. The van der Waals surface area contributed by atoms with Crippen LogP contribution in [0.1, 0.15) is 20.8 Å². The topological polar surface area (TPSA) is 76.7 Å². The number of benzene rings is 1. The Hall–Kier alpha value is -1.92. The minimum atomic E-state index is -0.354. The molecule has 1 aromatic carbocycles. The predicted octanol–water partition coefficient (Wildman–Crippen LogP) is 2.03. The Labute approximate surface area is 124 Å². The number of hydrogen-bond donors (Lipinski definition) is 2. The maximum Gasteiger partial charge on any atom is 0.250 e. The maximum absolute atomic E-state index is 11.7. The second-order valence-electron chi connectivity index (χ2n) is 5.51. The van der Waals surface area contributed by atoms with Gasteiger partial charge >= 0.3 is 0 Å². The van der Waals surface area contributed by atoms with Gasteiger partial charge in [0.2, 0.25) is 11.8 Å². The molecule has 0 aliphatic rings. The molecule has 116 valence electrons. The number of ether oxygens (including phenoxy) is 2. The Morgan fingerprint density at radius 3 is 1.76 bits per heavy atom. The molecular weight excluding hydrogens is 272 g/mol. The molecule has 0 saturated heterocycles. The van der Waals surface area contributed by atoms with Crippen molar-refractivity contribution in [3.05, 3.63) is 24.3 Å². The third-order valence-corrected chi connectivity index (χ3v) is 2.36. The molecule has 0 atom stereocenters. The van der Waals surface area contributed by atoms with Crippen molar-refractivity contribution in [3.8, 4) is 0 Å². The van der Waals surface area contributed by atoms with Crippen LogP contribution < -0.4 is 10.6 Å². The van der Waals surface area contributed by atoms with Crippen LogP contribution in [0, 0.1) is 0 Å². The van der Waals surface area contributed by atoms with E-state index in [0.29, 0.717) is 11.4 Å². The van der Waals surface area contributed by atoms with Crippen LogP contribution in [0.2, 0.25) is 0 Å². The highest BCUT2D eigenvalue weighted by Gasteiger charge is 2.12. The van der Waals surface area contributed by atoms with Gasteiger partial charge in [-0.25, -0.2) is 0 Å². The Balaban J connectivity index is 2.47. The summed E-state index contributed by atoms with van der Waals surface area (Å²) in [5.41, 5.74) is 0.926. The van der Waals surface area contributed by atoms with Crippen LogP contribution >= 0.6 is 0 Å². The van der Waals surface area contributed by atoms with Crippen LogP contribution in [0.5, 0.6) is 0 Å². The average Bonchev–Trinajstić information content (AvgIpc) is 2.38. The molecule has 0 unspecified atom stereocenters. The van der Waals surface area contributed by atoms with Gasteiger partial charge in [0.1, 0.15) is 13.2 Å². The zero-order valence-corrected chi connectivity index (χ0v) is 12.9. The molecule has 6 heteroatoms. The molecule has 0 aliphatic heterocycles. The number of hydrogen-bond acceptors (Lipinski definition) is 4.